The maximum absolute atomic E-state index is 5.28. The lowest BCUT2D eigenvalue weighted by Crippen LogP contribution is -2.49. The standard InChI is InChI=1S/C21H32N6O/c1-16(2)20(21-22-23-24-27(21)18-6-4-5-7-18)26-14-12-25(13-15-26)17-8-10-19(28-3)11-9-17/h8-11,16,18,20H,4-7,12-15H2,1-3H3/t20-/m0/s1. The predicted molar refractivity (Wildman–Crippen MR) is 110 cm³/mol. The highest BCUT2D eigenvalue weighted by atomic mass is 16.5. The van der Waals surface area contributed by atoms with Crippen molar-refractivity contribution in [3.63, 3.8) is 0 Å². The fourth-order valence-corrected chi connectivity index (χ4v) is 4.74. The molecule has 1 aromatic heterocycles. The number of rotatable bonds is 6. The highest BCUT2D eigenvalue weighted by molar-refractivity contribution is 5.49. The second-order valence-electron chi connectivity index (χ2n) is 8.33. The lowest BCUT2D eigenvalue weighted by molar-refractivity contribution is 0.132. The lowest BCUT2D eigenvalue weighted by Gasteiger charge is -2.41. The fraction of sp³-hybridized carbons (Fsp3) is 0.667. The number of ether oxygens (including phenoxy) is 1. The molecule has 28 heavy (non-hydrogen) atoms. The Morgan fingerprint density at radius 2 is 1.68 bits per heavy atom. The van der Waals surface area contributed by atoms with Gasteiger partial charge in [0.15, 0.2) is 5.82 Å². The Morgan fingerprint density at radius 3 is 2.29 bits per heavy atom. The van der Waals surface area contributed by atoms with E-state index in [0.29, 0.717) is 12.0 Å². The van der Waals surface area contributed by atoms with Gasteiger partial charge in [-0.05, 0) is 53.5 Å². The van der Waals surface area contributed by atoms with Crippen molar-refractivity contribution in [3.05, 3.63) is 30.1 Å². The number of aromatic nitrogens is 4. The summed E-state index contributed by atoms with van der Waals surface area (Å²) < 4.78 is 7.41. The molecule has 1 saturated heterocycles. The number of tetrazole rings is 1. The molecule has 7 heteroatoms. The maximum Gasteiger partial charge on any atom is 0.168 e. The van der Waals surface area contributed by atoms with E-state index in [-0.39, 0.29) is 6.04 Å². The molecule has 7 nitrogen and oxygen atoms in total. The predicted octanol–water partition coefficient (Wildman–Crippen LogP) is 3.32. The van der Waals surface area contributed by atoms with Crippen LogP contribution >= 0.6 is 0 Å². The van der Waals surface area contributed by atoms with Crippen LogP contribution in [0.25, 0.3) is 0 Å². The summed E-state index contributed by atoms with van der Waals surface area (Å²) in [5.74, 6) is 2.43. The van der Waals surface area contributed by atoms with Gasteiger partial charge in [0.25, 0.3) is 0 Å². The van der Waals surface area contributed by atoms with E-state index in [1.165, 1.54) is 31.4 Å². The summed E-state index contributed by atoms with van der Waals surface area (Å²) in [5, 5.41) is 12.9. The molecule has 152 valence electrons. The molecule has 0 radical (unpaired) electrons. The number of nitrogens with zero attached hydrogens (tertiary/aromatic N) is 6. The van der Waals surface area contributed by atoms with E-state index in [2.05, 4.69) is 56.0 Å². The van der Waals surface area contributed by atoms with E-state index in [1.54, 1.807) is 7.11 Å². The van der Waals surface area contributed by atoms with Crippen LogP contribution in [-0.4, -0.2) is 58.4 Å². The first-order chi connectivity index (χ1) is 13.7. The van der Waals surface area contributed by atoms with Crippen molar-refractivity contribution in [1.82, 2.24) is 25.1 Å². The van der Waals surface area contributed by atoms with Crippen LogP contribution in [0.15, 0.2) is 24.3 Å². The smallest absolute Gasteiger partial charge is 0.168 e. The summed E-state index contributed by atoms with van der Waals surface area (Å²) in [7, 11) is 1.71. The minimum atomic E-state index is 0.272. The number of hydrogen-bond donors (Lipinski definition) is 0. The Bertz CT molecular complexity index is 745. The van der Waals surface area contributed by atoms with Gasteiger partial charge in [0, 0.05) is 31.9 Å². The molecule has 4 rings (SSSR count). The van der Waals surface area contributed by atoms with Crippen molar-refractivity contribution in [1.29, 1.82) is 0 Å². The summed E-state index contributed by atoms with van der Waals surface area (Å²) in [6.45, 7) is 8.64. The summed E-state index contributed by atoms with van der Waals surface area (Å²) in [6.07, 6.45) is 4.98. The third kappa shape index (κ3) is 3.85. The van der Waals surface area contributed by atoms with Crippen molar-refractivity contribution < 1.29 is 4.74 Å². The van der Waals surface area contributed by atoms with Crippen molar-refractivity contribution in [2.24, 2.45) is 5.92 Å². The topological polar surface area (TPSA) is 59.3 Å². The first-order valence-corrected chi connectivity index (χ1v) is 10.6. The summed E-state index contributed by atoms with van der Waals surface area (Å²) in [6, 6.07) is 9.12. The monoisotopic (exact) mass is 384 g/mol. The Kier molecular flexibility index (Phi) is 5.80. The van der Waals surface area contributed by atoms with Crippen LogP contribution < -0.4 is 9.64 Å². The van der Waals surface area contributed by atoms with E-state index >= 15 is 0 Å². The number of piperazine rings is 1. The highest BCUT2D eigenvalue weighted by Crippen LogP contribution is 2.34. The van der Waals surface area contributed by atoms with Gasteiger partial charge < -0.3 is 9.64 Å². The normalized spacial score (nSPS) is 20.1. The number of methoxy groups -OCH3 is 1. The molecule has 1 saturated carbocycles. The van der Waals surface area contributed by atoms with Crippen LogP contribution in [0, 0.1) is 5.92 Å². The molecule has 2 aliphatic rings. The van der Waals surface area contributed by atoms with Crippen LogP contribution in [0.1, 0.15) is 57.4 Å². The van der Waals surface area contributed by atoms with E-state index in [1.807, 2.05) is 12.1 Å². The van der Waals surface area contributed by atoms with Crippen LogP contribution in [0.2, 0.25) is 0 Å². The van der Waals surface area contributed by atoms with E-state index in [4.69, 9.17) is 4.74 Å². The van der Waals surface area contributed by atoms with E-state index in [9.17, 15) is 0 Å². The highest BCUT2D eigenvalue weighted by Gasteiger charge is 2.33. The van der Waals surface area contributed by atoms with Gasteiger partial charge >= 0.3 is 0 Å². The molecule has 1 aromatic carbocycles. The molecule has 0 bridgehead atoms. The molecule has 2 aromatic rings. The van der Waals surface area contributed by atoms with Gasteiger partial charge in [0.1, 0.15) is 5.75 Å². The molecular formula is C21H32N6O. The first-order valence-electron chi connectivity index (χ1n) is 10.6. The zero-order chi connectivity index (χ0) is 19.5. The molecule has 2 fully saturated rings. The van der Waals surface area contributed by atoms with Crippen molar-refractivity contribution in [2.45, 2.75) is 51.6 Å². The lowest BCUT2D eigenvalue weighted by atomic mass is 10.00. The summed E-state index contributed by atoms with van der Waals surface area (Å²) in [5.41, 5.74) is 1.26. The molecule has 1 aliphatic carbocycles. The van der Waals surface area contributed by atoms with E-state index < -0.39 is 0 Å². The zero-order valence-corrected chi connectivity index (χ0v) is 17.3. The van der Waals surface area contributed by atoms with Gasteiger partial charge in [-0.3, -0.25) is 4.90 Å². The van der Waals surface area contributed by atoms with Gasteiger partial charge in [-0.15, -0.1) is 5.10 Å². The minimum Gasteiger partial charge on any atom is -0.497 e. The first kappa shape index (κ1) is 19.2. The Morgan fingerprint density at radius 1 is 1.00 bits per heavy atom. The summed E-state index contributed by atoms with van der Waals surface area (Å²) in [4.78, 5) is 5.02. The van der Waals surface area contributed by atoms with Gasteiger partial charge in [0.2, 0.25) is 0 Å². The van der Waals surface area contributed by atoms with E-state index in [0.717, 1.165) is 37.8 Å². The number of benzene rings is 1. The van der Waals surface area contributed by atoms with Crippen LogP contribution in [0.4, 0.5) is 5.69 Å². The van der Waals surface area contributed by atoms with Gasteiger partial charge in [-0.1, -0.05) is 26.7 Å². The molecule has 0 N–H and O–H groups in total. The molecular weight excluding hydrogens is 352 g/mol. The average molecular weight is 385 g/mol. The van der Waals surface area contributed by atoms with Crippen molar-refractivity contribution in [3.8, 4) is 5.75 Å². The quantitative estimate of drug-likeness (QED) is 0.761. The zero-order valence-electron chi connectivity index (χ0n) is 17.3. The molecule has 2 heterocycles. The third-order valence-corrected chi connectivity index (χ3v) is 6.23. The second-order valence-corrected chi connectivity index (χ2v) is 8.33. The number of hydrogen-bond acceptors (Lipinski definition) is 6. The van der Waals surface area contributed by atoms with Gasteiger partial charge in [-0.2, -0.15) is 0 Å². The Hall–Kier alpha value is -2.15. The van der Waals surface area contributed by atoms with Crippen LogP contribution in [-0.2, 0) is 0 Å². The molecule has 1 atom stereocenters. The fourth-order valence-electron chi connectivity index (χ4n) is 4.74. The largest absolute Gasteiger partial charge is 0.497 e. The third-order valence-electron chi connectivity index (χ3n) is 6.23. The van der Waals surface area contributed by atoms with Gasteiger partial charge in [0.05, 0.1) is 19.2 Å². The SMILES string of the molecule is COc1ccc(N2CCN([C@H](c3nnnn3C3CCCC3)C(C)C)CC2)cc1. The molecule has 0 amide bonds. The summed E-state index contributed by atoms with van der Waals surface area (Å²) >= 11 is 0. The Labute approximate surface area is 167 Å². The maximum atomic E-state index is 5.28. The van der Waals surface area contributed by atoms with Gasteiger partial charge in [-0.25, -0.2) is 4.68 Å². The average Bonchev–Trinajstić information content (AvgIpc) is 3.40. The van der Waals surface area contributed by atoms with Crippen LogP contribution in [0.5, 0.6) is 5.75 Å². The molecule has 0 unspecified atom stereocenters. The molecule has 1 aliphatic heterocycles. The Balaban J connectivity index is 1.46. The van der Waals surface area contributed by atoms with Crippen molar-refractivity contribution in [2.75, 3.05) is 38.2 Å². The number of anilines is 1. The van der Waals surface area contributed by atoms with Crippen molar-refractivity contribution >= 4 is 5.69 Å². The minimum absolute atomic E-state index is 0.272. The molecule has 0 spiro atoms. The van der Waals surface area contributed by atoms with Crippen LogP contribution in [0.3, 0.4) is 0 Å². The second kappa shape index (κ2) is 8.47.